The fourth-order valence-electron chi connectivity index (χ4n) is 2.91. The zero-order valence-electron chi connectivity index (χ0n) is 15.7. The molecule has 1 heterocycles. The van der Waals surface area contributed by atoms with Crippen LogP contribution in [0.15, 0.2) is 24.3 Å². The third kappa shape index (κ3) is 4.52. The molecule has 9 heteroatoms. The SMILES string of the molecule is BC(B)(O)C(B)(B)N1CCN(c2ccc(OCCOC)cc2)CC1. The number of benzene rings is 1. The van der Waals surface area contributed by atoms with Crippen LogP contribution < -0.4 is 9.64 Å². The first-order valence-electron chi connectivity index (χ1n) is 8.70. The normalized spacial score (nSPS) is 17.0. The van der Waals surface area contributed by atoms with E-state index in [1.165, 1.54) is 5.69 Å². The Kier molecular flexibility index (Phi) is 6.34. The van der Waals surface area contributed by atoms with Gasteiger partial charge in [-0.1, -0.05) is 0 Å². The van der Waals surface area contributed by atoms with E-state index in [4.69, 9.17) is 9.47 Å². The van der Waals surface area contributed by atoms with Crippen LogP contribution >= 0.6 is 0 Å². The molecule has 0 aromatic heterocycles. The van der Waals surface area contributed by atoms with Gasteiger partial charge < -0.3 is 24.4 Å². The molecular weight excluding hydrogens is 299 g/mol. The Hall–Kier alpha value is -1.04. The quantitative estimate of drug-likeness (QED) is 0.419. The van der Waals surface area contributed by atoms with Gasteiger partial charge in [-0.05, 0) is 29.6 Å². The van der Waals surface area contributed by atoms with Crippen LogP contribution in [0, 0.1) is 0 Å². The number of piperazine rings is 1. The number of aliphatic hydroxyl groups is 1. The largest absolute Gasteiger partial charge is 0.491 e. The summed E-state index contributed by atoms with van der Waals surface area (Å²) in [5.41, 5.74) is 1.22. The Bertz CT molecular complexity index is 514. The summed E-state index contributed by atoms with van der Waals surface area (Å²) >= 11 is 0. The van der Waals surface area contributed by atoms with Gasteiger partial charge in [0.2, 0.25) is 0 Å². The number of anilines is 1. The fraction of sp³-hybridized carbons (Fsp3) is 0.600. The predicted molar refractivity (Wildman–Crippen MR) is 109 cm³/mol. The lowest BCUT2D eigenvalue weighted by Crippen LogP contribution is -2.69. The van der Waals surface area contributed by atoms with Gasteiger partial charge in [0.15, 0.2) is 0 Å². The molecular formula is C15H28B4N2O3. The van der Waals surface area contributed by atoms with E-state index in [-0.39, 0.29) is 5.34 Å². The van der Waals surface area contributed by atoms with E-state index in [9.17, 15) is 5.11 Å². The minimum atomic E-state index is -0.726. The number of rotatable bonds is 7. The summed E-state index contributed by atoms with van der Waals surface area (Å²) < 4.78 is 10.6. The summed E-state index contributed by atoms with van der Waals surface area (Å²) in [6.07, 6.45) is 0. The average molecular weight is 328 g/mol. The number of hydrogen-bond donors (Lipinski definition) is 1. The molecule has 1 N–H and O–H groups in total. The summed E-state index contributed by atoms with van der Waals surface area (Å²) in [4.78, 5) is 4.77. The highest BCUT2D eigenvalue weighted by atomic mass is 16.5. The molecule has 128 valence electrons. The summed E-state index contributed by atoms with van der Waals surface area (Å²) in [7, 11) is 9.69. The molecule has 2 rings (SSSR count). The lowest BCUT2D eigenvalue weighted by molar-refractivity contribution is 0.0862. The van der Waals surface area contributed by atoms with Crippen LogP contribution in [0.4, 0.5) is 5.69 Å². The highest BCUT2D eigenvalue weighted by molar-refractivity contribution is 6.53. The second kappa shape index (κ2) is 7.89. The Labute approximate surface area is 149 Å². The van der Waals surface area contributed by atoms with Crippen LogP contribution in [0.25, 0.3) is 0 Å². The molecule has 0 saturated carbocycles. The minimum Gasteiger partial charge on any atom is -0.491 e. The van der Waals surface area contributed by atoms with Crippen molar-refractivity contribution in [2.45, 2.75) is 10.7 Å². The van der Waals surface area contributed by atoms with E-state index < -0.39 is 5.40 Å². The maximum atomic E-state index is 10.4. The van der Waals surface area contributed by atoms with Gasteiger partial charge in [-0.2, -0.15) is 0 Å². The van der Waals surface area contributed by atoms with Gasteiger partial charge in [0.05, 0.1) is 6.61 Å². The molecule has 0 bridgehead atoms. The van der Waals surface area contributed by atoms with Crippen LogP contribution in [0.5, 0.6) is 5.75 Å². The third-order valence-electron chi connectivity index (χ3n) is 5.33. The van der Waals surface area contributed by atoms with Gasteiger partial charge in [0.25, 0.3) is 0 Å². The highest BCUT2D eigenvalue weighted by Gasteiger charge is 2.40. The average Bonchev–Trinajstić information content (AvgIpc) is 2.55. The fourth-order valence-corrected chi connectivity index (χ4v) is 2.91. The molecule has 1 aliphatic rings. The smallest absolute Gasteiger partial charge is 0.132 e. The predicted octanol–water partition coefficient (Wildman–Crippen LogP) is -3.33. The van der Waals surface area contributed by atoms with Crippen molar-refractivity contribution in [1.82, 2.24) is 4.90 Å². The zero-order valence-corrected chi connectivity index (χ0v) is 15.7. The first-order valence-corrected chi connectivity index (χ1v) is 8.70. The summed E-state index contributed by atoms with van der Waals surface area (Å²) in [6.45, 7) is 4.99. The monoisotopic (exact) mass is 328 g/mol. The Morgan fingerprint density at radius 1 is 1.00 bits per heavy atom. The standard InChI is InChI=1S/C15H28B4N2O3/c1-23-10-11-24-13-4-2-12(3-5-13)20-6-8-21(9-7-20)14(16,17)15(18,19)22/h2-5,22H,6-11,16-19H2,1H3. The van der Waals surface area contributed by atoms with Crippen LogP contribution in [0.1, 0.15) is 0 Å². The Morgan fingerprint density at radius 3 is 2.08 bits per heavy atom. The maximum absolute atomic E-state index is 10.4. The second-order valence-corrected chi connectivity index (χ2v) is 7.43. The molecule has 1 aliphatic heterocycles. The number of hydrogen-bond acceptors (Lipinski definition) is 5. The Balaban J connectivity index is 1.90. The van der Waals surface area contributed by atoms with Crippen molar-refractivity contribution in [3.63, 3.8) is 0 Å². The van der Waals surface area contributed by atoms with Crippen molar-refractivity contribution < 1.29 is 14.6 Å². The summed E-state index contributed by atoms with van der Waals surface area (Å²) in [5.74, 6) is 0.873. The van der Waals surface area contributed by atoms with Gasteiger partial charge >= 0.3 is 0 Å². The van der Waals surface area contributed by atoms with Gasteiger partial charge in [-0.3, -0.25) is 0 Å². The topological polar surface area (TPSA) is 45.2 Å². The zero-order chi connectivity index (χ0) is 17.8. The van der Waals surface area contributed by atoms with Crippen LogP contribution in [0.3, 0.4) is 0 Å². The molecule has 1 saturated heterocycles. The molecule has 0 unspecified atom stereocenters. The molecule has 0 aliphatic carbocycles. The molecule has 1 fully saturated rings. The van der Waals surface area contributed by atoms with Crippen molar-refractivity contribution in [2.75, 3.05) is 51.4 Å². The maximum Gasteiger partial charge on any atom is 0.132 e. The van der Waals surface area contributed by atoms with Crippen LogP contribution in [0.2, 0.25) is 0 Å². The van der Waals surface area contributed by atoms with E-state index in [0.29, 0.717) is 13.2 Å². The third-order valence-corrected chi connectivity index (χ3v) is 5.33. The molecule has 5 nitrogen and oxygen atoms in total. The summed E-state index contributed by atoms with van der Waals surface area (Å²) in [5, 5.41) is 9.46. The van der Waals surface area contributed by atoms with Crippen molar-refractivity contribution >= 4 is 37.1 Å². The van der Waals surface area contributed by atoms with Crippen molar-refractivity contribution in [3.05, 3.63) is 24.3 Å². The minimum absolute atomic E-state index is 0.238. The van der Waals surface area contributed by atoms with E-state index in [1.807, 2.05) is 27.8 Å². The van der Waals surface area contributed by atoms with Gasteiger partial charge in [0.1, 0.15) is 43.7 Å². The van der Waals surface area contributed by atoms with E-state index in [1.54, 1.807) is 7.11 Å². The van der Waals surface area contributed by atoms with Gasteiger partial charge in [0, 0.05) is 44.4 Å². The van der Waals surface area contributed by atoms with Crippen molar-refractivity contribution in [3.8, 4) is 5.75 Å². The van der Waals surface area contributed by atoms with Crippen LogP contribution in [-0.4, -0.2) is 98.6 Å². The van der Waals surface area contributed by atoms with Crippen LogP contribution in [-0.2, 0) is 4.74 Å². The Morgan fingerprint density at radius 2 is 1.58 bits per heavy atom. The van der Waals surface area contributed by atoms with Gasteiger partial charge in [-0.25, -0.2) is 0 Å². The molecule has 0 spiro atoms. The molecule has 0 radical (unpaired) electrons. The van der Waals surface area contributed by atoms with E-state index in [2.05, 4.69) is 37.6 Å². The molecule has 1 aromatic carbocycles. The van der Waals surface area contributed by atoms with Crippen molar-refractivity contribution in [1.29, 1.82) is 0 Å². The molecule has 24 heavy (non-hydrogen) atoms. The second-order valence-electron chi connectivity index (χ2n) is 7.43. The number of nitrogens with zero attached hydrogens (tertiary/aromatic N) is 2. The summed E-state index contributed by atoms with van der Waals surface area (Å²) in [6, 6.07) is 8.24. The first kappa shape index (κ1) is 19.3. The van der Waals surface area contributed by atoms with Gasteiger partial charge in [-0.15, -0.1) is 0 Å². The highest BCUT2D eigenvalue weighted by Crippen LogP contribution is 2.24. The van der Waals surface area contributed by atoms with Crippen molar-refractivity contribution in [2.24, 2.45) is 0 Å². The molecule has 0 atom stereocenters. The molecule has 0 amide bonds. The van der Waals surface area contributed by atoms with E-state index in [0.717, 1.165) is 31.9 Å². The lowest BCUT2D eigenvalue weighted by Gasteiger charge is -2.51. The number of ether oxygens (including phenoxy) is 2. The molecule has 1 aromatic rings. The van der Waals surface area contributed by atoms with E-state index >= 15 is 0 Å². The lowest BCUT2D eigenvalue weighted by atomic mass is 9.39. The number of methoxy groups -OCH3 is 1. The first-order chi connectivity index (χ1) is 11.3.